The Balaban J connectivity index is 2.01. The van der Waals surface area contributed by atoms with E-state index in [2.05, 4.69) is 21.2 Å². The number of likely N-dealkylation sites (N-methyl/N-ethyl adjacent to an activating group) is 1. The van der Waals surface area contributed by atoms with E-state index in [4.69, 9.17) is 0 Å². The summed E-state index contributed by atoms with van der Waals surface area (Å²) in [5, 5.41) is 2.57. The minimum atomic E-state index is -4.06. The van der Waals surface area contributed by atoms with Crippen molar-refractivity contribution in [3.8, 4) is 0 Å². The molecule has 0 aliphatic heterocycles. The minimum Gasteiger partial charge on any atom is -0.357 e. The lowest BCUT2D eigenvalue weighted by Gasteiger charge is -2.31. The van der Waals surface area contributed by atoms with Crippen molar-refractivity contribution >= 4 is 43.5 Å². The Labute approximate surface area is 214 Å². The van der Waals surface area contributed by atoms with Gasteiger partial charge in [0.05, 0.1) is 10.6 Å². The van der Waals surface area contributed by atoms with E-state index in [1.54, 1.807) is 49.4 Å². The number of hydrogen-bond donors (Lipinski definition) is 1. The molecule has 1 N–H and O–H groups in total. The van der Waals surface area contributed by atoms with E-state index < -0.39 is 28.5 Å². The zero-order chi connectivity index (χ0) is 25.6. The van der Waals surface area contributed by atoms with Crippen LogP contribution < -0.4 is 9.62 Å². The van der Waals surface area contributed by atoms with Crippen molar-refractivity contribution in [1.29, 1.82) is 0 Å². The first-order valence-corrected chi connectivity index (χ1v) is 13.3. The molecule has 3 aromatic carbocycles. The van der Waals surface area contributed by atoms with Gasteiger partial charge in [0.1, 0.15) is 12.6 Å². The van der Waals surface area contributed by atoms with E-state index in [1.807, 2.05) is 31.2 Å². The largest absolute Gasteiger partial charge is 0.357 e. The zero-order valence-electron chi connectivity index (χ0n) is 19.8. The number of halogens is 1. The van der Waals surface area contributed by atoms with E-state index in [0.717, 1.165) is 19.9 Å². The van der Waals surface area contributed by atoms with Crippen LogP contribution in [0.5, 0.6) is 0 Å². The van der Waals surface area contributed by atoms with Gasteiger partial charge < -0.3 is 10.2 Å². The second-order valence-electron chi connectivity index (χ2n) is 8.10. The number of aryl methyl sites for hydroxylation is 1. The molecule has 0 radical (unpaired) electrons. The van der Waals surface area contributed by atoms with Gasteiger partial charge in [0.15, 0.2) is 0 Å². The first-order valence-electron chi connectivity index (χ1n) is 11.0. The van der Waals surface area contributed by atoms with Crippen LogP contribution in [0.2, 0.25) is 0 Å². The summed E-state index contributed by atoms with van der Waals surface area (Å²) in [6, 6.07) is 21.5. The summed E-state index contributed by atoms with van der Waals surface area (Å²) in [5.41, 5.74) is 2.20. The van der Waals surface area contributed by atoms with Crippen LogP contribution in [0.1, 0.15) is 18.1 Å². The molecule has 9 heteroatoms. The average Bonchev–Trinajstić information content (AvgIpc) is 2.86. The number of amides is 2. The monoisotopic (exact) mass is 557 g/mol. The fourth-order valence-corrected chi connectivity index (χ4v) is 5.35. The molecule has 1 atom stereocenters. The molecule has 3 aromatic rings. The summed E-state index contributed by atoms with van der Waals surface area (Å²) in [6.45, 7) is 3.27. The number of benzene rings is 3. The van der Waals surface area contributed by atoms with Crippen LogP contribution in [0.3, 0.4) is 0 Å². The van der Waals surface area contributed by atoms with Crippen molar-refractivity contribution < 1.29 is 18.0 Å². The van der Waals surface area contributed by atoms with Crippen LogP contribution in [0.25, 0.3) is 0 Å². The van der Waals surface area contributed by atoms with Gasteiger partial charge >= 0.3 is 0 Å². The Kier molecular flexibility index (Phi) is 8.69. The molecular weight excluding hydrogens is 530 g/mol. The molecular formula is C26H28BrN3O4S. The van der Waals surface area contributed by atoms with Crippen LogP contribution in [0.4, 0.5) is 5.69 Å². The van der Waals surface area contributed by atoms with Crippen molar-refractivity contribution in [3.63, 3.8) is 0 Å². The molecule has 0 saturated heterocycles. The van der Waals surface area contributed by atoms with Gasteiger partial charge in [0, 0.05) is 18.1 Å². The second kappa shape index (κ2) is 11.5. The molecule has 0 spiro atoms. The van der Waals surface area contributed by atoms with E-state index >= 15 is 0 Å². The highest BCUT2D eigenvalue weighted by molar-refractivity contribution is 9.10. The SMILES string of the molecule is CNC(=O)[C@@H](C)N(Cc1cccc(C)c1)C(=O)CN(c1ccc(Br)cc1)S(=O)(=O)c1ccccc1. The van der Waals surface area contributed by atoms with Gasteiger partial charge in [0.2, 0.25) is 11.8 Å². The third-order valence-electron chi connectivity index (χ3n) is 5.57. The number of carbonyl (C=O) groups excluding carboxylic acids is 2. The molecule has 0 aliphatic carbocycles. The predicted octanol–water partition coefficient (Wildman–Crippen LogP) is 4.12. The van der Waals surface area contributed by atoms with Crippen LogP contribution >= 0.6 is 15.9 Å². The lowest BCUT2D eigenvalue weighted by atomic mass is 10.1. The highest BCUT2D eigenvalue weighted by atomic mass is 79.9. The number of carbonyl (C=O) groups is 2. The van der Waals surface area contributed by atoms with Crippen molar-refractivity contribution in [2.24, 2.45) is 0 Å². The van der Waals surface area contributed by atoms with Crippen LogP contribution in [-0.4, -0.2) is 44.8 Å². The van der Waals surface area contributed by atoms with Crippen molar-refractivity contribution in [2.45, 2.75) is 31.3 Å². The normalized spacial score (nSPS) is 12.0. The van der Waals surface area contributed by atoms with E-state index in [9.17, 15) is 18.0 Å². The number of nitrogens with one attached hydrogen (secondary N) is 1. The fraction of sp³-hybridized carbons (Fsp3) is 0.231. The molecule has 0 aromatic heterocycles. The minimum absolute atomic E-state index is 0.0697. The molecule has 3 rings (SSSR count). The van der Waals surface area contributed by atoms with Crippen molar-refractivity contribution in [2.75, 3.05) is 17.9 Å². The number of sulfonamides is 1. The Morgan fingerprint density at radius 2 is 1.63 bits per heavy atom. The molecule has 7 nitrogen and oxygen atoms in total. The quantitative estimate of drug-likeness (QED) is 0.428. The fourth-order valence-electron chi connectivity index (χ4n) is 3.65. The number of anilines is 1. The summed E-state index contributed by atoms with van der Waals surface area (Å²) >= 11 is 3.36. The summed E-state index contributed by atoms with van der Waals surface area (Å²) in [5.74, 6) is -0.836. The maximum absolute atomic E-state index is 13.7. The Morgan fingerprint density at radius 3 is 2.23 bits per heavy atom. The van der Waals surface area contributed by atoms with Gasteiger partial charge in [-0.2, -0.15) is 0 Å². The molecule has 0 bridgehead atoms. The highest BCUT2D eigenvalue weighted by Crippen LogP contribution is 2.26. The molecule has 0 aliphatic rings. The lowest BCUT2D eigenvalue weighted by molar-refractivity contribution is -0.139. The standard InChI is InChI=1S/C26H28BrN3O4S/c1-19-8-7-9-21(16-19)17-29(20(2)26(32)28-3)25(31)18-30(23-14-12-22(27)13-15-23)35(33,34)24-10-5-4-6-11-24/h4-16,20H,17-18H2,1-3H3,(H,28,32)/t20-/m1/s1. The maximum Gasteiger partial charge on any atom is 0.264 e. The van der Waals surface area contributed by atoms with Crippen LogP contribution in [0.15, 0.2) is 88.2 Å². The molecule has 0 unspecified atom stereocenters. The molecule has 2 amide bonds. The third kappa shape index (κ3) is 6.49. The number of hydrogen-bond acceptors (Lipinski definition) is 4. The van der Waals surface area contributed by atoms with Crippen LogP contribution in [-0.2, 0) is 26.2 Å². The van der Waals surface area contributed by atoms with E-state index in [1.165, 1.54) is 24.1 Å². The van der Waals surface area contributed by atoms with Gasteiger partial charge in [0.25, 0.3) is 10.0 Å². The summed E-state index contributed by atoms with van der Waals surface area (Å²) in [4.78, 5) is 27.6. The smallest absolute Gasteiger partial charge is 0.264 e. The van der Waals surface area contributed by atoms with Crippen molar-refractivity contribution in [3.05, 3.63) is 94.5 Å². The Bertz CT molecular complexity index is 1280. The summed E-state index contributed by atoms with van der Waals surface area (Å²) in [7, 11) is -2.55. The molecule has 35 heavy (non-hydrogen) atoms. The number of rotatable bonds is 9. The third-order valence-corrected chi connectivity index (χ3v) is 7.89. The van der Waals surface area contributed by atoms with Gasteiger partial charge in [-0.15, -0.1) is 0 Å². The predicted molar refractivity (Wildman–Crippen MR) is 140 cm³/mol. The molecule has 0 heterocycles. The lowest BCUT2D eigenvalue weighted by Crippen LogP contribution is -2.50. The van der Waals surface area contributed by atoms with Gasteiger partial charge in [-0.05, 0) is 55.8 Å². The summed E-state index contributed by atoms with van der Waals surface area (Å²) < 4.78 is 29.1. The number of nitrogens with zero attached hydrogens (tertiary/aromatic N) is 2. The highest BCUT2D eigenvalue weighted by Gasteiger charge is 2.32. The second-order valence-corrected chi connectivity index (χ2v) is 10.9. The van der Waals surface area contributed by atoms with Crippen LogP contribution in [0, 0.1) is 6.92 Å². The molecule has 184 valence electrons. The topological polar surface area (TPSA) is 86.8 Å². The maximum atomic E-state index is 13.7. The Hall–Kier alpha value is -3.17. The zero-order valence-corrected chi connectivity index (χ0v) is 22.2. The average molecular weight is 558 g/mol. The first kappa shape index (κ1) is 26.4. The molecule has 0 fully saturated rings. The van der Waals surface area contributed by atoms with Gasteiger partial charge in [-0.3, -0.25) is 13.9 Å². The Morgan fingerprint density at radius 1 is 0.971 bits per heavy atom. The van der Waals surface area contributed by atoms with E-state index in [0.29, 0.717) is 5.69 Å². The molecule has 0 saturated carbocycles. The van der Waals surface area contributed by atoms with Gasteiger partial charge in [-0.25, -0.2) is 8.42 Å². The van der Waals surface area contributed by atoms with Gasteiger partial charge in [-0.1, -0.05) is 64.0 Å². The summed E-state index contributed by atoms with van der Waals surface area (Å²) in [6.07, 6.45) is 0. The van der Waals surface area contributed by atoms with E-state index in [-0.39, 0.29) is 17.3 Å². The first-order chi connectivity index (χ1) is 16.6. The van der Waals surface area contributed by atoms with Crippen molar-refractivity contribution in [1.82, 2.24) is 10.2 Å².